The highest BCUT2D eigenvalue weighted by Gasteiger charge is 2.16. The molecule has 10 aromatic carbocycles. The Balaban J connectivity index is 0.972. The molecule has 0 aliphatic carbocycles. The minimum atomic E-state index is 0.679. The molecule has 2 aromatic heterocycles. The first kappa shape index (κ1) is 34.9. The van der Waals surface area contributed by atoms with E-state index in [9.17, 15) is 0 Å². The smallest absolute Gasteiger partial charge is 0.160 e. The zero-order valence-corrected chi connectivity index (χ0v) is 33.1. The summed E-state index contributed by atoms with van der Waals surface area (Å²) in [6.45, 7) is 0. The highest BCUT2D eigenvalue weighted by atomic mass is 16.3. The SMILES string of the molecule is c1ccc(-c2ccc(-c3cc(-c4ccc(-c5cccc6oc7ccccc7c56)cc4)nc(-c4ccc(-c5c6ccccc6cc6c5ccc5ccccc56)cc4)n3)cc2)cc1. The first-order chi connectivity index (χ1) is 30.2. The number of nitrogens with zero attached hydrogens (tertiary/aromatic N) is 2. The van der Waals surface area contributed by atoms with Crippen molar-refractivity contribution >= 4 is 54.3 Å². The van der Waals surface area contributed by atoms with Gasteiger partial charge in [0.2, 0.25) is 0 Å². The van der Waals surface area contributed by atoms with E-state index in [1.165, 1.54) is 49.0 Å². The maximum Gasteiger partial charge on any atom is 0.160 e. The van der Waals surface area contributed by atoms with Crippen molar-refractivity contribution < 1.29 is 4.42 Å². The Hall–Kier alpha value is -8.14. The Morgan fingerprint density at radius 1 is 0.295 bits per heavy atom. The summed E-state index contributed by atoms with van der Waals surface area (Å²) in [5.74, 6) is 0.679. The minimum absolute atomic E-state index is 0.679. The molecule has 0 spiro atoms. The lowest BCUT2D eigenvalue weighted by atomic mass is 9.89. The summed E-state index contributed by atoms with van der Waals surface area (Å²) in [6.07, 6.45) is 0. The van der Waals surface area contributed by atoms with Crippen LogP contribution in [0.1, 0.15) is 0 Å². The van der Waals surface area contributed by atoms with Crippen molar-refractivity contribution in [3.05, 3.63) is 218 Å². The van der Waals surface area contributed by atoms with Crippen LogP contribution in [0.4, 0.5) is 0 Å². The van der Waals surface area contributed by atoms with Crippen LogP contribution in [0.5, 0.6) is 0 Å². The molecule has 0 aliphatic rings. The first-order valence-corrected chi connectivity index (χ1v) is 20.7. The van der Waals surface area contributed by atoms with Gasteiger partial charge in [-0.05, 0) is 90.0 Å². The molecule has 0 radical (unpaired) electrons. The molecule has 0 fully saturated rings. The van der Waals surface area contributed by atoms with E-state index in [0.717, 1.165) is 66.7 Å². The van der Waals surface area contributed by atoms with E-state index in [1.54, 1.807) is 0 Å². The molecule has 12 aromatic rings. The number of hydrogen-bond acceptors (Lipinski definition) is 3. The molecule has 0 amide bonds. The van der Waals surface area contributed by atoms with Gasteiger partial charge in [0.1, 0.15) is 11.2 Å². The zero-order chi connectivity index (χ0) is 40.3. The third kappa shape index (κ3) is 6.06. The van der Waals surface area contributed by atoms with Gasteiger partial charge in [0.25, 0.3) is 0 Å². The van der Waals surface area contributed by atoms with Crippen LogP contribution >= 0.6 is 0 Å². The van der Waals surface area contributed by atoms with Crippen molar-refractivity contribution in [1.29, 1.82) is 0 Å². The summed E-state index contributed by atoms with van der Waals surface area (Å²) in [6, 6.07) is 77.5. The van der Waals surface area contributed by atoms with Crippen LogP contribution in [0.15, 0.2) is 223 Å². The highest BCUT2D eigenvalue weighted by molar-refractivity contribution is 6.20. The predicted octanol–water partition coefficient (Wildman–Crippen LogP) is 15.8. The Kier molecular flexibility index (Phi) is 8.17. The number of para-hydroxylation sites is 1. The van der Waals surface area contributed by atoms with E-state index in [0.29, 0.717) is 5.82 Å². The van der Waals surface area contributed by atoms with Gasteiger partial charge in [-0.25, -0.2) is 9.97 Å². The molecule has 0 bridgehead atoms. The predicted molar refractivity (Wildman–Crippen MR) is 254 cm³/mol. The van der Waals surface area contributed by atoms with Gasteiger partial charge >= 0.3 is 0 Å². The van der Waals surface area contributed by atoms with Crippen LogP contribution in [0.3, 0.4) is 0 Å². The molecule has 0 N–H and O–H groups in total. The molecule has 2 heterocycles. The number of fused-ring (bicyclic) bond motifs is 7. The topological polar surface area (TPSA) is 38.9 Å². The van der Waals surface area contributed by atoms with Crippen LogP contribution in [0, 0.1) is 0 Å². The Labute approximate surface area is 352 Å². The van der Waals surface area contributed by atoms with Gasteiger partial charge in [0.05, 0.1) is 11.4 Å². The quantitative estimate of drug-likeness (QED) is 0.125. The fourth-order valence-electron chi connectivity index (χ4n) is 9.09. The van der Waals surface area contributed by atoms with Gasteiger partial charge in [-0.2, -0.15) is 0 Å². The summed E-state index contributed by atoms with van der Waals surface area (Å²) in [5, 5.41) is 9.72. The Bertz CT molecular complexity index is 3610. The molecule has 3 nitrogen and oxygen atoms in total. The second kappa shape index (κ2) is 14.3. The van der Waals surface area contributed by atoms with E-state index >= 15 is 0 Å². The average Bonchev–Trinajstić information content (AvgIpc) is 3.73. The zero-order valence-electron chi connectivity index (χ0n) is 33.1. The standard InChI is InChI=1S/C58H36N2O/c1-2-11-37(12-3-1)38-21-25-41(26-22-38)52-36-53(42-27-23-40(24-28-42)47-18-10-20-55-57(47)50-17-8-9-19-54(50)61-55)60-58(59-52)44-31-29-43(30-32-44)56-48-16-7-5-14-45(48)35-51-46-15-6-4-13-39(46)33-34-49(51)56/h1-36H. The second-order valence-electron chi connectivity index (χ2n) is 15.7. The van der Waals surface area contributed by atoms with Crippen molar-refractivity contribution in [1.82, 2.24) is 9.97 Å². The van der Waals surface area contributed by atoms with Crippen LogP contribution in [-0.4, -0.2) is 9.97 Å². The molecule has 0 aliphatic heterocycles. The summed E-state index contributed by atoms with van der Waals surface area (Å²) in [5.41, 5.74) is 13.5. The second-order valence-corrected chi connectivity index (χ2v) is 15.7. The summed E-state index contributed by atoms with van der Waals surface area (Å²) in [4.78, 5) is 10.5. The van der Waals surface area contributed by atoms with E-state index in [4.69, 9.17) is 14.4 Å². The van der Waals surface area contributed by atoms with Gasteiger partial charge in [0.15, 0.2) is 5.82 Å². The highest BCUT2D eigenvalue weighted by Crippen LogP contribution is 2.41. The van der Waals surface area contributed by atoms with Gasteiger partial charge < -0.3 is 4.42 Å². The molecule has 61 heavy (non-hydrogen) atoms. The van der Waals surface area contributed by atoms with Crippen LogP contribution in [-0.2, 0) is 0 Å². The number of rotatable bonds is 6. The van der Waals surface area contributed by atoms with Gasteiger partial charge in [0, 0.05) is 27.5 Å². The van der Waals surface area contributed by atoms with Gasteiger partial charge in [-0.1, -0.05) is 194 Å². The van der Waals surface area contributed by atoms with Crippen LogP contribution in [0.25, 0.3) is 122 Å². The van der Waals surface area contributed by atoms with E-state index in [1.807, 2.05) is 24.3 Å². The van der Waals surface area contributed by atoms with Crippen LogP contribution in [0.2, 0.25) is 0 Å². The summed E-state index contributed by atoms with van der Waals surface area (Å²) in [7, 11) is 0. The molecule has 0 saturated heterocycles. The maximum absolute atomic E-state index is 6.22. The van der Waals surface area contributed by atoms with E-state index in [-0.39, 0.29) is 0 Å². The number of aromatic nitrogens is 2. The number of hydrogen-bond donors (Lipinski definition) is 0. The van der Waals surface area contributed by atoms with Crippen molar-refractivity contribution in [2.45, 2.75) is 0 Å². The first-order valence-electron chi connectivity index (χ1n) is 20.7. The van der Waals surface area contributed by atoms with Gasteiger partial charge in [-0.3, -0.25) is 0 Å². The number of benzene rings is 10. The molecular formula is C58H36N2O. The molecule has 3 heteroatoms. The summed E-state index contributed by atoms with van der Waals surface area (Å²) >= 11 is 0. The fraction of sp³-hybridized carbons (Fsp3) is 0. The monoisotopic (exact) mass is 776 g/mol. The van der Waals surface area contributed by atoms with Crippen molar-refractivity contribution in [2.24, 2.45) is 0 Å². The molecule has 12 rings (SSSR count). The lowest BCUT2D eigenvalue weighted by Gasteiger charge is -2.15. The largest absolute Gasteiger partial charge is 0.456 e. The van der Waals surface area contributed by atoms with Gasteiger partial charge in [-0.15, -0.1) is 0 Å². The molecule has 284 valence electrons. The lowest BCUT2D eigenvalue weighted by Crippen LogP contribution is -1.96. The third-order valence-corrected chi connectivity index (χ3v) is 12.1. The van der Waals surface area contributed by atoms with Crippen LogP contribution < -0.4 is 0 Å². The van der Waals surface area contributed by atoms with E-state index in [2.05, 4.69) is 194 Å². The van der Waals surface area contributed by atoms with Crippen molar-refractivity contribution in [3.63, 3.8) is 0 Å². The molecule has 0 unspecified atom stereocenters. The third-order valence-electron chi connectivity index (χ3n) is 12.1. The molecular weight excluding hydrogens is 741 g/mol. The minimum Gasteiger partial charge on any atom is -0.456 e. The number of furan rings is 1. The van der Waals surface area contributed by atoms with Crippen molar-refractivity contribution in [2.75, 3.05) is 0 Å². The molecule has 0 saturated carbocycles. The average molecular weight is 777 g/mol. The maximum atomic E-state index is 6.22. The normalized spacial score (nSPS) is 11.6. The Morgan fingerprint density at radius 2 is 0.852 bits per heavy atom. The van der Waals surface area contributed by atoms with Crippen molar-refractivity contribution in [3.8, 4) is 67.3 Å². The lowest BCUT2D eigenvalue weighted by molar-refractivity contribution is 0.669. The molecule has 0 atom stereocenters. The van der Waals surface area contributed by atoms with E-state index < -0.39 is 0 Å². The Morgan fingerprint density at radius 3 is 1.61 bits per heavy atom. The fourth-order valence-corrected chi connectivity index (χ4v) is 9.09. The summed E-state index contributed by atoms with van der Waals surface area (Å²) < 4.78 is 6.22.